The number of fused-ring (bicyclic) bond motifs is 1. The largest absolute Gasteiger partial charge is 0.352 e. The summed E-state index contributed by atoms with van der Waals surface area (Å²) in [7, 11) is 0. The van der Waals surface area contributed by atoms with Gasteiger partial charge in [-0.1, -0.05) is 43.0 Å². The second-order valence-corrected chi connectivity index (χ2v) is 8.93. The summed E-state index contributed by atoms with van der Waals surface area (Å²) in [5.74, 6) is 1.04. The molecule has 2 aromatic carbocycles. The molecule has 6 nitrogen and oxygen atoms in total. The molecule has 0 aliphatic rings. The third-order valence-electron chi connectivity index (χ3n) is 5.16. The molecule has 0 saturated carbocycles. The van der Waals surface area contributed by atoms with Gasteiger partial charge in [-0.3, -0.25) is 9.48 Å². The van der Waals surface area contributed by atoms with Crippen molar-refractivity contribution in [2.45, 2.75) is 38.2 Å². The zero-order chi connectivity index (χ0) is 21.8. The van der Waals surface area contributed by atoms with Gasteiger partial charge in [0.15, 0.2) is 5.16 Å². The number of aromatic amines is 1. The van der Waals surface area contributed by atoms with Crippen molar-refractivity contribution in [2.24, 2.45) is 5.92 Å². The molecule has 2 heterocycles. The summed E-state index contributed by atoms with van der Waals surface area (Å²) >= 11 is 1.66. The van der Waals surface area contributed by atoms with Crippen molar-refractivity contribution in [3.8, 4) is 0 Å². The van der Waals surface area contributed by atoms with Gasteiger partial charge in [0.25, 0.3) is 5.91 Å². The van der Waals surface area contributed by atoms with E-state index in [1.54, 1.807) is 11.8 Å². The van der Waals surface area contributed by atoms with Crippen LogP contribution in [0.15, 0.2) is 59.8 Å². The Morgan fingerprint density at radius 2 is 1.94 bits per heavy atom. The molecule has 1 amide bonds. The minimum atomic E-state index is -0.0447. The highest BCUT2D eigenvalue weighted by Crippen LogP contribution is 2.23. The zero-order valence-electron chi connectivity index (χ0n) is 18.1. The molecule has 1 atom stereocenters. The van der Waals surface area contributed by atoms with Crippen molar-refractivity contribution < 1.29 is 4.79 Å². The van der Waals surface area contributed by atoms with E-state index in [1.807, 2.05) is 60.1 Å². The highest BCUT2D eigenvalue weighted by atomic mass is 32.2. The van der Waals surface area contributed by atoms with E-state index in [0.717, 1.165) is 45.4 Å². The number of H-pyrrole nitrogens is 1. The molecule has 0 bridgehead atoms. The van der Waals surface area contributed by atoms with Gasteiger partial charge in [0.1, 0.15) is 0 Å². The van der Waals surface area contributed by atoms with E-state index in [-0.39, 0.29) is 5.91 Å². The van der Waals surface area contributed by atoms with Crippen LogP contribution >= 0.6 is 11.8 Å². The van der Waals surface area contributed by atoms with Gasteiger partial charge in [-0.25, -0.2) is 4.98 Å². The third kappa shape index (κ3) is 5.35. The van der Waals surface area contributed by atoms with E-state index < -0.39 is 0 Å². The molecule has 2 aromatic heterocycles. The van der Waals surface area contributed by atoms with Gasteiger partial charge >= 0.3 is 0 Å². The number of nitrogens with one attached hydrogen (secondary N) is 2. The Balaban J connectivity index is 1.27. The van der Waals surface area contributed by atoms with Crippen LogP contribution in [-0.2, 0) is 12.3 Å². The fraction of sp³-hybridized carbons (Fsp3) is 0.292. The minimum Gasteiger partial charge on any atom is -0.352 e. The summed E-state index contributed by atoms with van der Waals surface area (Å²) in [6.45, 7) is 7.57. The predicted molar refractivity (Wildman–Crippen MR) is 125 cm³/mol. The van der Waals surface area contributed by atoms with Gasteiger partial charge in [0.2, 0.25) is 0 Å². The van der Waals surface area contributed by atoms with Crippen LogP contribution in [0.2, 0.25) is 0 Å². The van der Waals surface area contributed by atoms with Gasteiger partial charge < -0.3 is 10.3 Å². The topological polar surface area (TPSA) is 75.6 Å². The van der Waals surface area contributed by atoms with E-state index in [1.165, 1.54) is 0 Å². The van der Waals surface area contributed by atoms with Gasteiger partial charge in [-0.15, -0.1) is 0 Å². The molecular formula is C24H27N5OS. The van der Waals surface area contributed by atoms with Crippen LogP contribution in [0, 0.1) is 19.8 Å². The lowest BCUT2D eigenvalue weighted by Gasteiger charge is -2.14. The molecule has 31 heavy (non-hydrogen) atoms. The first kappa shape index (κ1) is 21.2. The maximum atomic E-state index is 12.5. The molecule has 0 saturated heterocycles. The van der Waals surface area contributed by atoms with Crippen LogP contribution in [0.4, 0.5) is 0 Å². The Morgan fingerprint density at radius 1 is 1.16 bits per heavy atom. The van der Waals surface area contributed by atoms with E-state index >= 15 is 0 Å². The second kappa shape index (κ2) is 9.39. The van der Waals surface area contributed by atoms with Gasteiger partial charge in [0, 0.05) is 30.1 Å². The van der Waals surface area contributed by atoms with E-state index in [9.17, 15) is 4.79 Å². The number of hydrogen-bond donors (Lipinski definition) is 2. The molecule has 160 valence electrons. The van der Waals surface area contributed by atoms with Crippen molar-refractivity contribution in [2.75, 3.05) is 6.54 Å². The fourth-order valence-electron chi connectivity index (χ4n) is 3.49. The van der Waals surface area contributed by atoms with Crippen LogP contribution in [0.25, 0.3) is 11.0 Å². The van der Waals surface area contributed by atoms with E-state index in [2.05, 4.69) is 40.3 Å². The van der Waals surface area contributed by atoms with E-state index in [0.29, 0.717) is 18.0 Å². The van der Waals surface area contributed by atoms with Crippen molar-refractivity contribution in [3.63, 3.8) is 0 Å². The standard InChI is InChI=1S/C24H27N5OS/c1-16(14-29-18(3)12-17(2)28-29)13-25-23(30)20-10-8-19(9-11-20)15-31-24-26-21-6-4-5-7-22(21)27-24/h4-12,16H,13-15H2,1-3H3,(H,25,30)(H,26,27). The van der Waals surface area contributed by atoms with Crippen molar-refractivity contribution >= 4 is 28.7 Å². The monoisotopic (exact) mass is 433 g/mol. The first-order valence-electron chi connectivity index (χ1n) is 10.4. The Labute approximate surface area is 186 Å². The number of carbonyl (C=O) groups excluding carboxylic acids is 1. The van der Waals surface area contributed by atoms with Crippen molar-refractivity contribution in [3.05, 3.63) is 77.1 Å². The fourth-order valence-corrected chi connectivity index (χ4v) is 4.33. The maximum absolute atomic E-state index is 12.5. The number of aromatic nitrogens is 4. The Kier molecular flexibility index (Phi) is 6.42. The lowest BCUT2D eigenvalue weighted by molar-refractivity contribution is 0.0946. The zero-order valence-corrected chi connectivity index (χ0v) is 18.9. The quantitative estimate of drug-likeness (QED) is 0.394. The van der Waals surface area contributed by atoms with Gasteiger partial charge in [-0.05, 0) is 55.7 Å². The number of imidazole rings is 1. The summed E-state index contributed by atoms with van der Waals surface area (Å²) in [6, 6.07) is 17.9. The van der Waals surface area contributed by atoms with Crippen LogP contribution in [0.5, 0.6) is 0 Å². The Hall–Kier alpha value is -3.06. The first-order chi connectivity index (χ1) is 15.0. The number of thioether (sulfide) groups is 1. The molecule has 0 aliphatic heterocycles. The molecule has 4 aromatic rings. The molecule has 4 rings (SSSR count). The number of aryl methyl sites for hydroxylation is 2. The molecule has 0 aliphatic carbocycles. The van der Waals surface area contributed by atoms with Crippen LogP contribution in [-0.4, -0.2) is 32.2 Å². The number of hydrogen-bond acceptors (Lipinski definition) is 4. The summed E-state index contributed by atoms with van der Waals surface area (Å²) in [4.78, 5) is 20.4. The van der Waals surface area contributed by atoms with Crippen LogP contribution in [0.1, 0.15) is 34.2 Å². The number of rotatable bonds is 8. The lowest BCUT2D eigenvalue weighted by Crippen LogP contribution is -2.30. The van der Waals surface area contributed by atoms with Crippen molar-refractivity contribution in [1.82, 2.24) is 25.1 Å². The Morgan fingerprint density at radius 3 is 2.65 bits per heavy atom. The summed E-state index contributed by atoms with van der Waals surface area (Å²) in [5.41, 5.74) is 6.02. The molecule has 0 radical (unpaired) electrons. The summed E-state index contributed by atoms with van der Waals surface area (Å²) < 4.78 is 2.00. The average Bonchev–Trinajstić information content (AvgIpc) is 3.32. The lowest BCUT2D eigenvalue weighted by atomic mass is 10.1. The third-order valence-corrected chi connectivity index (χ3v) is 6.10. The number of amides is 1. The molecule has 7 heteroatoms. The van der Waals surface area contributed by atoms with Crippen molar-refractivity contribution in [1.29, 1.82) is 0 Å². The highest BCUT2D eigenvalue weighted by Gasteiger charge is 2.11. The molecule has 2 N–H and O–H groups in total. The second-order valence-electron chi connectivity index (χ2n) is 7.97. The average molecular weight is 434 g/mol. The smallest absolute Gasteiger partial charge is 0.251 e. The predicted octanol–water partition coefficient (Wildman–Crippen LogP) is 4.73. The number of nitrogens with zero attached hydrogens (tertiary/aromatic N) is 3. The van der Waals surface area contributed by atoms with Gasteiger partial charge in [-0.2, -0.15) is 5.10 Å². The summed E-state index contributed by atoms with van der Waals surface area (Å²) in [5, 5.41) is 8.43. The normalized spacial score (nSPS) is 12.2. The molecule has 1 unspecified atom stereocenters. The highest BCUT2D eigenvalue weighted by molar-refractivity contribution is 7.98. The maximum Gasteiger partial charge on any atom is 0.251 e. The van der Waals surface area contributed by atoms with E-state index in [4.69, 9.17) is 0 Å². The number of carbonyl (C=O) groups is 1. The summed E-state index contributed by atoms with van der Waals surface area (Å²) in [6.07, 6.45) is 0. The van der Waals surface area contributed by atoms with Crippen LogP contribution in [0.3, 0.4) is 0 Å². The minimum absolute atomic E-state index is 0.0447. The molecule has 0 spiro atoms. The first-order valence-corrected chi connectivity index (χ1v) is 11.4. The van der Waals surface area contributed by atoms with Gasteiger partial charge in [0.05, 0.1) is 16.7 Å². The SMILES string of the molecule is Cc1cc(C)n(CC(C)CNC(=O)c2ccc(CSc3nc4ccccc4[nH]3)cc2)n1. The number of benzene rings is 2. The molecular weight excluding hydrogens is 406 g/mol. The van der Waals surface area contributed by atoms with Crippen LogP contribution < -0.4 is 5.32 Å². The molecule has 0 fully saturated rings. The Bertz CT molecular complexity index is 1150. The number of para-hydroxylation sites is 2.